The fourth-order valence-corrected chi connectivity index (χ4v) is 1.29. The number of hydrogen-bond donors (Lipinski definition) is 0. The molecule has 1 aromatic carbocycles. The Balaban J connectivity index is 2.31. The molecule has 16 heavy (non-hydrogen) atoms. The van der Waals surface area contributed by atoms with Gasteiger partial charge in [0.15, 0.2) is 5.69 Å². The molecular formula is C11H11N3O2. The van der Waals surface area contributed by atoms with Crippen molar-refractivity contribution in [3.8, 4) is 5.69 Å². The van der Waals surface area contributed by atoms with Gasteiger partial charge in [-0.25, -0.2) is 9.48 Å². The van der Waals surface area contributed by atoms with E-state index in [1.165, 1.54) is 18.0 Å². The van der Waals surface area contributed by atoms with E-state index in [0.29, 0.717) is 0 Å². The van der Waals surface area contributed by atoms with Gasteiger partial charge in [0.25, 0.3) is 0 Å². The molecule has 82 valence electrons. The van der Waals surface area contributed by atoms with Gasteiger partial charge in [-0.05, 0) is 19.1 Å². The second-order valence-electron chi connectivity index (χ2n) is 3.38. The first-order valence-corrected chi connectivity index (χ1v) is 4.78. The lowest BCUT2D eigenvalue weighted by atomic mass is 10.2. The molecule has 0 fully saturated rings. The highest BCUT2D eigenvalue weighted by Gasteiger charge is 2.10. The van der Waals surface area contributed by atoms with Crippen molar-refractivity contribution >= 4 is 5.97 Å². The molecule has 0 bridgehead atoms. The minimum Gasteiger partial charge on any atom is -0.464 e. The predicted molar refractivity (Wildman–Crippen MR) is 57.4 cm³/mol. The van der Waals surface area contributed by atoms with Crippen LogP contribution < -0.4 is 0 Å². The number of benzene rings is 1. The summed E-state index contributed by atoms with van der Waals surface area (Å²) in [5.74, 6) is -0.488. The van der Waals surface area contributed by atoms with E-state index in [-0.39, 0.29) is 5.69 Å². The smallest absolute Gasteiger partial charge is 0.360 e. The number of nitrogens with zero attached hydrogens (tertiary/aromatic N) is 3. The SMILES string of the molecule is COC(=O)c1cn(-c2ccc(C)cc2)nn1. The van der Waals surface area contributed by atoms with Gasteiger partial charge in [-0.2, -0.15) is 0 Å². The number of carbonyl (C=O) groups excluding carboxylic acids is 1. The van der Waals surface area contributed by atoms with Gasteiger partial charge in [-0.3, -0.25) is 0 Å². The molecule has 0 N–H and O–H groups in total. The molecule has 0 saturated heterocycles. The quantitative estimate of drug-likeness (QED) is 0.713. The topological polar surface area (TPSA) is 57.0 Å². The monoisotopic (exact) mass is 217 g/mol. The molecule has 0 spiro atoms. The largest absolute Gasteiger partial charge is 0.464 e. The van der Waals surface area contributed by atoms with Crippen molar-refractivity contribution in [2.45, 2.75) is 6.92 Å². The Morgan fingerprint density at radius 1 is 1.31 bits per heavy atom. The van der Waals surface area contributed by atoms with Crippen molar-refractivity contribution in [1.82, 2.24) is 15.0 Å². The van der Waals surface area contributed by atoms with E-state index in [1.54, 1.807) is 0 Å². The first-order chi connectivity index (χ1) is 7.70. The first-order valence-electron chi connectivity index (χ1n) is 4.78. The van der Waals surface area contributed by atoms with Gasteiger partial charge in [0.2, 0.25) is 0 Å². The van der Waals surface area contributed by atoms with Gasteiger partial charge in [-0.15, -0.1) is 5.10 Å². The fraction of sp³-hybridized carbons (Fsp3) is 0.182. The number of carbonyl (C=O) groups is 1. The predicted octanol–water partition coefficient (Wildman–Crippen LogP) is 1.36. The minimum absolute atomic E-state index is 0.197. The maximum atomic E-state index is 11.2. The highest BCUT2D eigenvalue weighted by Crippen LogP contribution is 2.08. The number of esters is 1. The van der Waals surface area contributed by atoms with Gasteiger partial charge in [0, 0.05) is 0 Å². The molecule has 1 aromatic heterocycles. The van der Waals surface area contributed by atoms with E-state index in [9.17, 15) is 4.79 Å². The highest BCUT2D eigenvalue weighted by molar-refractivity contribution is 5.86. The number of ether oxygens (including phenoxy) is 1. The summed E-state index contributed by atoms with van der Waals surface area (Å²) in [6, 6.07) is 7.75. The summed E-state index contributed by atoms with van der Waals surface area (Å²) in [5, 5.41) is 7.58. The van der Waals surface area contributed by atoms with Crippen molar-refractivity contribution in [2.75, 3.05) is 7.11 Å². The van der Waals surface area contributed by atoms with Crippen molar-refractivity contribution in [3.63, 3.8) is 0 Å². The lowest BCUT2D eigenvalue weighted by Gasteiger charge is -1.99. The normalized spacial score (nSPS) is 10.1. The second kappa shape index (κ2) is 4.14. The Kier molecular flexibility index (Phi) is 2.68. The third kappa shape index (κ3) is 1.93. The average Bonchev–Trinajstić information content (AvgIpc) is 2.78. The molecule has 5 heteroatoms. The molecular weight excluding hydrogens is 206 g/mol. The van der Waals surface area contributed by atoms with Crippen LogP contribution in [0.25, 0.3) is 5.69 Å². The zero-order chi connectivity index (χ0) is 11.5. The summed E-state index contributed by atoms with van der Waals surface area (Å²) in [7, 11) is 1.31. The summed E-state index contributed by atoms with van der Waals surface area (Å²) >= 11 is 0. The van der Waals surface area contributed by atoms with Crippen molar-refractivity contribution < 1.29 is 9.53 Å². The summed E-state index contributed by atoms with van der Waals surface area (Å²) in [6.07, 6.45) is 1.54. The van der Waals surface area contributed by atoms with Crippen LogP contribution in [-0.4, -0.2) is 28.1 Å². The van der Waals surface area contributed by atoms with E-state index in [2.05, 4.69) is 15.0 Å². The summed E-state index contributed by atoms with van der Waals surface area (Å²) in [5.41, 5.74) is 2.22. The molecule has 5 nitrogen and oxygen atoms in total. The number of hydrogen-bond acceptors (Lipinski definition) is 4. The summed E-state index contributed by atoms with van der Waals surface area (Å²) in [6.45, 7) is 2.00. The minimum atomic E-state index is -0.488. The van der Waals surface area contributed by atoms with Crippen LogP contribution in [0.2, 0.25) is 0 Å². The highest BCUT2D eigenvalue weighted by atomic mass is 16.5. The van der Waals surface area contributed by atoms with Crippen LogP contribution in [0.1, 0.15) is 16.1 Å². The van der Waals surface area contributed by atoms with E-state index >= 15 is 0 Å². The van der Waals surface area contributed by atoms with Gasteiger partial charge >= 0.3 is 5.97 Å². The van der Waals surface area contributed by atoms with Crippen molar-refractivity contribution in [3.05, 3.63) is 41.7 Å². The number of methoxy groups -OCH3 is 1. The van der Waals surface area contributed by atoms with Crippen LogP contribution in [0.3, 0.4) is 0 Å². The number of rotatable bonds is 2. The molecule has 0 radical (unpaired) electrons. The number of aromatic nitrogens is 3. The Bertz CT molecular complexity index is 502. The molecule has 2 rings (SSSR count). The standard InChI is InChI=1S/C11H11N3O2/c1-8-3-5-9(6-4-8)14-7-10(12-13-14)11(15)16-2/h3-7H,1-2H3. The van der Waals surface area contributed by atoms with Gasteiger partial charge in [0.1, 0.15) is 0 Å². The summed E-state index contributed by atoms with van der Waals surface area (Å²) in [4.78, 5) is 11.2. The maximum Gasteiger partial charge on any atom is 0.360 e. The lowest BCUT2D eigenvalue weighted by molar-refractivity contribution is 0.0594. The van der Waals surface area contributed by atoms with Crippen LogP contribution in [0.5, 0.6) is 0 Å². The van der Waals surface area contributed by atoms with Crippen LogP contribution in [-0.2, 0) is 4.74 Å². The van der Waals surface area contributed by atoms with Gasteiger partial charge in [-0.1, -0.05) is 22.9 Å². The van der Waals surface area contributed by atoms with E-state index in [4.69, 9.17) is 0 Å². The second-order valence-corrected chi connectivity index (χ2v) is 3.38. The third-order valence-corrected chi connectivity index (χ3v) is 2.19. The van der Waals surface area contributed by atoms with Gasteiger partial charge < -0.3 is 4.74 Å². The Morgan fingerprint density at radius 2 is 2.00 bits per heavy atom. The molecule has 0 amide bonds. The Labute approximate surface area is 92.7 Å². The van der Waals surface area contributed by atoms with Crippen molar-refractivity contribution in [2.24, 2.45) is 0 Å². The molecule has 0 aliphatic carbocycles. The average molecular weight is 217 g/mol. The maximum absolute atomic E-state index is 11.2. The van der Waals surface area contributed by atoms with Gasteiger partial charge in [0.05, 0.1) is 19.0 Å². The van der Waals surface area contributed by atoms with Crippen LogP contribution in [0.4, 0.5) is 0 Å². The summed E-state index contributed by atoms with van der Waals surface area (Å²) < 4.78 is 6.08. The van der Waals surface area contributed by atoms with Crippen molar-refractivity contribution in [1.29, 1.82) is 0 Å². The molecule has 0 atom stereocenters. The van der Waals surface area contributed by atoms with E-state index < -0.39 is 5.97 Å². The number of aryl methyl sites for hydroxylation is 1. The molecule has 0 saturated carbocycles. The Morgan fingerprint density at radius 3 is 2.62 bits per heavy atom. The third-order valence-electron chi connectivity index (χ3n) is 2.19. The molecule has 0 aliphatic rings. The van der Waals surface area contributed by atoms with Crippen LogP contribution in [0.15, 0.2) is 30.5 Å². The molecule has 2 aromatic rings. The molecule has 1 heterocycles. The molecule has 0 unspecified atom stereocenters. The first kappa shape index (κ1) is 10.4. The zero-order valence-electron chi connectivity index (χ0n) is 9.04. The van der Waals surface area contributed by atoms with E-state index in [1.807, 2.05) is 31.2 Å². The lowest BCUT2D eigenvalue weighted by Crippen LogP contribution is -2.01. The fourth-order valence-electron chi connectivity index (χ4n) is 1.29. The zero-order valence-corrected chi connectivity index (χ0v) is 9.04. The Hall–Kier alpha value is -2.17. The van der Waals surface area contributed by atoms with Crippen LogP contribution in [0, 0.1) is 6.92 Å². The van der Waals surface area contributed by atoms with E-state index in [0.717, 1.165) is 11.3 Å². The van der Waals surface area contributed by atoms with Crippen LogP contribution >= 0.6 is 0 Å². The molecule has 0 aliphatic heterocycles.